The maximum atomic E-state index is 5.72. The van der Waals surface area contributed by atoms with E-state index in [1.807, 2.05) is 6.07 Å². The maximum absolute atomic E-state index is 5.72. The summed E-state index contributed by atoms with van der Waals surface area (Å²) in [6, 6.07) is 10.4. The molecule has 2 rings (SSSR count). The van der Waals surface area contributed by atoms with Gasteiger partial charge in [-0.05, 0) is 30.9 Å². The maximum Gasteiger partial charge on any atom is 0.0717 e. The lowest BCUT2D eigenvalue weighted by Crippen LogP contribution is -2.32. The summed E-state index contributed by atoms with van der Waals surface area (Å²) in [5, 5.41) is 3.40. The number of piperidine rings is 1. The zero-order valence-corrected chi connectivity index (χ0v) is 9.11. The van der Waals surface area contributed by atoms with Gasteiger partial charge in [0, 0.05) is 6.54 Å². The Morgan fingerprint density at radius 1 is 1.27 bits per heavy atom. The zero-order valence-electron chi connectivity index (χ0n) is 9.11. The number of ether oxygens (including phenoxy) is 1. The second kappa shape index (κ2) is 5.89. The highest BCUT2D eigenvalue weighted by atomic mass is 16.5. The molecule has 1 aliphatic heterocycles. The Morgan fingerprint density at radius 2 is 2.13 bits per heavy atom. The molecule has 0 spiro atoms. The van der Waals surface area contributed by atoms with Gasteiger partial charge in [0.1, 0.15) is 0 Å². The summed E-state index contributed by atoms with van der Waals surface area (Å²) < 4.78 is 5.72. The Labute approximate surface area is 91.6 Å². The molecule has 1 atom stereocenters. The van der Waals surface area contributed by atoms with Crippen LogP contribution in [0.4, 0.5) is 0 Å². The summed E-state index contributed by atoms with van der Waals surface area (Å²) in [5.41, 5.74) is 1.27. The summed E-state index contributed by atoms with van der Waals surface area (Å²) >= 11 is 0. The molecule has 1 N–H and O–H groups in total. The van der Waals surface area contributed by atoms with E-state index in [2.05, 4.69) is 29.6 Å². The predicted octanol–water partition coefficient (Wildman–Crippen LogP) is 2.20. The third-order valence-electron chi connectivity index (χ3n) is 2.86. The SMILES string of the molecule is c1ccc(COC[C@H]2CCCNC2)cc1. The monoisotopic (exact) mass is 205 g/mol. The molecular weight excluding hydrogens is 186 g/mol. The second-order valence-corrected chi connectivity index (χ2v) is 4.21. The van der Waals surface area contributed by atoms with Crippen molar-refractivity contribution in [1.29, 1.82) is 0 Å². The van der Waals surface area contributed by atoms with Gasteiger partial charge in [0.15, 0.2) is 0 Å². The van der Waals surface area contributed by atoms with Crippen LogP contribution in [0, 0.1) is 5.92 Å². The lowest BCUT2D eigenvalue weighted by atomic mass is 10.0. The van der Waals surface area contributed by atoms with Gasteiger partial charge in [0.2, 0.25) is 0 Å². The number of hydrogen-bond donors (Lipinski definition) is 1. The molecule has 0 amide bonds. The minimum Gasteiger partial charge on any atom is -0.376 e. The minimum atomic E-state index is 0.711. The molecule has 0 bridgehead atoms. The van der Waals surface area contributed by atoms with Crippen LogP contribution >= 0.6 is 0 Å². The molecular formula is C13H19NO. The van der Waals surface area contributed by atoms with Crippen molar-refractivity contribution in [2.75, 3.05) is 19.7 Å². The van der Waals surface area contributed by atoms with Crippen molar-refractivity contribution in [3.8, 4) is 0 Å². The highest BCUT2D eigenvalue weighted by molar-refractivity contribution is 5.13. The molecule has 1 fully saturated rings. The molecule has 1 aromatic carbocycles. The molecule has 2 nitrogen and oxygen atoms in total. The van der Waals surface area contributed by atoms with Crippen LogP contribution in [-0.2, 0) is 11.3 Å². The molecule has 1 aromatic rings. The first-order valence-electron chi connectivity index (χ1n) is 5.77. The number of benzene rings is 1. The van der Waals surface area contributed by atoms with Crippen molar-refractivity contribution in [3.05, 3.63) is 35.9 Å². The number of rotatable bonds is 4. The summed E-state index contributed by atoms with van der Waals surface area (Å²) in [4.78, 5) is 0. The van der Waals surface area contributed by atoms with Crippen molar-refractivity contribution in [2.24, 2.45) is 5.92 Å². The lowest BCUT2D eigenvalue weighted by molar-refractivity contribution is 0.0783. The van der Waals surface area contributed by atoms with Gasteiger partial charge in [-0.15, -0.1) is 0 Å². The van der Waals surface area contributed by atoms with E-state index in [0.717, 1.165) is 19.8 Å². The fraction of sp³-hybridized carbons (Fsp3) is 0.538. The van der Waals surface area contributed by atoms with Crippen LogP contribution in [0.5, 0.6) is 0 Å². The van der Waals surface area contributed by atoms with Crippen molar-refractivity contribution >= 4 is 0 Å². The van der Waals surface area contributed by atoms with Crippen LogP contribution in [0.3, 0.4) is 0 Å². The van der Waals surface area contributed by atoms with Crippen LogP contribution in [0.15, 0.2) is 30.3 Å². The smallest absolute Gasteiger partial charge is 0.0717 e. The summed E-state index contributed by atoms with van der Waals surface area (Å²) in [7, 11) is 0. The van der Waals surface area contributed by atoms with Crippen molar-refractivity contribution < 1.29 is 4.74 Å². The van der Waals surface area contributed by atoms with E-state index in [4.69, 9.17) is 4.74 Å². The average molecular weight is 205 g/mol. The quantitative estimate of drug-likeness (QED) is 0.813. The van der Waals surface area contributed by atoms with Crippen molar-refractivity contribution in [3.63, 3.8) is 0 Å². The third-order valence-corrected chi connectivity index (χ3v) is 2.86. The molecule has 1 heterocycles. The normalized spacial score (nSPS) is 21.5. The third kappa shape index (κ3) is 3.65. The number of hydrogen-bond acceptors (Lipinski definition) is 2. The van der Waals surface area contributed by atoms with Crippen molar-refractivity contribution in [1.82, 2.24) is 5.32 Å². The van der Waals surface area contributed by atoms with E-state index in [9.17, 15) is 0 Å². The summed E-state index contributed by atoms with van der Waals surface area (Å²) in [6.45, 7) is 3.93. The molecule has 2 heteroatoms. The van der Waals surface area contributed by atoms with Gasteiger partial charge in [-0.25, -0.2) is 0 Å². The first kappa shape index (κ1) is 10.7. The molecule has 1 aliphatic rings. The fourth-order valence-corrected chi connectivity index (χ4v) is 1.98. The first-order valence-corrected chi connectivity index (χ1v) is 5.77. The van der Waals surface area contributed by atoms with Gasteiger partial charge in [-0.1, -0.05) is 30.3 Å². The first-order chi connectivity index (χ1) is 7.45. The number of nitrogens with one attached hydrogen (secondary N) is 1. The van der Waals surface area contributed by atoms with Crippen LogP contribution in [-0.4, -0.2) is 19.7 Å². The molecule has 0 radical (unpaired) electrons. The van der Waals surface area contributed by atoms with Gasteiger partial charge in [0.05, 0.1) is 13.2 Å². The average Bonchev–Trinajstić information content (AvgIpc) is 2.32. The van der Waals surface area contributed by atoms with E-state index in [-0.39, 0.29) is 0 Å². The van der Waals surface area contributed by atoms with Crippen LogP contribution in [0.25, 0.3) is 0 Å². The van der Waals surface area contributed by atoms with Gasteiger partial charge < -0.3 is 10.1 Å². The van der Waals surface area contributed by atoms with E-state index in [1.165, 1.54) is 24.9 Å². The second-order valence-electron chi connectivity index (χ2n) is 4.21. The topological polar surface area (TPSA) is 21.3 Å². The fourth-order valence-electron chi connectivity index (χ4n) is 1.98. The molecule has 0 aliphatic carbocycles. The highest BCUT2D eigenvalue weighted by Gasteiger charge is 2.12. The molecule has 0 aromatic heterocycles. The van der Waals surface area contributed by atoms with Crippen LogP contribution < -0.4 is 5.32 Å². The summed E-state index contributed by atoms with van der Waals surface area (Å²) in [6.07, 6.45) is 2.60. The Morgan fingerprint density at radius 3 is 2.87 bits per heavy atom. The highest BCUT2D eigenvalue weighted by Crippen LogP contribution is 2.11. The molecule has 15 heavy (non-hydrogen) atoms. The molecule has 0 saturated carbocycles. The minimum absolute atomic E-state index is 0.711. The van der Waals surface area contributed by atoms with Crippen LogP contribution in [0.2, 0.25) is 0 Å². The van der Waals surface area contributed by atoms with Gasteiger partial charge in [-0.2, -0.15) is 0 Å². The van der Waals surface area contributed by atoms with Gasteiger partial charge >= 0.3 is 0 Å². The Kier molecular flexibility index (Phi) is 4.18. The standard InChI is InChI=1S/C13H19NO/c1-2-5-12(6-3-1)10-15-11-13-7-4-8-14-9-13/h1-3,5-6,13-14H,4,7-11H2/t13-/m0/s1. The Balaban J connectivity index is 1.66. The molecule has 1 saturated heterocycles. The lowest BCUT2D eigenvalue weighted by Gasteiger charge is -2.22. The Hall–Kier alpha value is -0.860. The van der Waals surface area contributed by atoms with E-state index >= 15 is 0 Å². The Bertz CT molecular complexity index is 267. The van der Waals surface area contributed by atoms with E-state index in [0.29, 0.717) is 5.92 Å². The van der Waals surface area contributed by atoms with E-state index < -0.39 is 0 Å². The van der Waals surface area contributed by atoms with E-state index in [1.54, 1.807) is 0 Å². The molecule has 82 valence electrons. The van der Waals surface area contributed by atoms with Crippen molar-refractivity contribution in [2.45, 2.75) is 19.4 Å². The van der Waals surface area contributed by atoms with Crippen LogP contribution in [0.1, 0.15) is 18.4 Å². The molecule has 0 unspecified atom stereocenters. The zero-order chi connectivity index (χ0) is 10.3. The summed E-state index contributed by atoms with van der Waals surface area (Å²) in [5.74, 6) is 0.711. The largest absolute Gasteiger partial charge is 0.376 e. The van der Waals surface area contributed by atoms with Gasteiger partial charge in [0.25, 0.3) is 0 Å². The predicted molar refractivity (Wildman–Crippen MR) is 61.7 cm³/mol. The van der Waals surface area contributed by atoms with Gasteiger partial charge in [-0.3, -0.25) is 0 Å².